The predicted octanol–water partition coefficient (Wildman–Crippen LogP) is 4.80. The van der Waals surface area contributed by atoms with Gasteiger partial charge in [0, 0.05) is 24.8 Å². The summed E-state index contributed by atoms with van der Waals surface area (Å²) in [7, 11) is 1.62. The summed E-state index contributed by atoms with van der Waals surface area (Å²) in [4.78, 5) is 17.1. The molecular formula is C19H16Cl2N2O2S. The molecule has 0 fully saturated rings. The molecule has 0 saturated carbocycles. The van der Waals surface area contributed by atoms with Gasteiger partial charge in [0.2, 0.25) is 0 Å². The van der Waals surface area contributed by atoms with E-state index in [0.717, 1.165) is 15.8 Å². The highest BCUT2D eigenvalue weighted by atomic mass is 35.5. The minimum atomic E-state index is -0.339. The van der Waals surface area contributed by atoms with Gasteiger partial charge in [-0.05, 0) is 23.8 Å². The summed E-state index contributed by atoms with van der Waals surface area (Å²) in [5.41, 5.74) is 1.74. The van der Waals surface area contributed by atoms with Crippen LogP contribution in [0.3, 0.4) is 0 Å². The molecule has 134 valence electrons. The smallest absolute Gasteiger partial charge is 0.272 e. The number of hydrogen-bond acceptors (Lipinski definition) is 3. The van der Waals surface area contributed by atoms with Gasteiger partial charge in [-0.2, -0.15) is 4.99 Å². The summed E-state index contributed by atoms with van der Waals surface area (Å²) >= 11 is 13.8. The van der Waals surface area contributed by atoms with Gasteiger partial charge in [0.1, 0.15) is 0 Å². The number of amides is 1. The molecule has 0 atom stereocenters. The van der Waals surface area contributed by atoms with Crippen LogP contribution in [0, 0.1) is 0 Å². The van der Waals surface area contributed by atoms with Crippen LogP contribution in [0.1, 0.15) is 5.56 Å². The Hall–Kier alpha value is -1.92. The van der Waals surface area contributed by atoms with E-state index < -0.39 is 0 Å². The average molecular weight is 407 g/mol. The van der Waals surface area contributed by atoms with Crippen molar-refractivity contribution in [1.29, 1.82) is 0 Å². The standard InChI is InChI=1S/C19H16Cl2N2O2S/c1-25-10-9-23-18-15(21)11-14(20)12-16(18)26-19(23)22-17(24)8-7-13-5-3-2-4-6-13/h2-8,11-12H,9-10H2,1H3/b8-7+,22-19?. The quantitative estimate of drug-likeness (QED) is 0.571. The second-order valence-electron chi connectivity index (χ2n) is 5.46. The summed E-state index contributed by atoms with van der Waals surface area (Å²) in [6.45, 7) is 1.01. The topological polar surface area (TPSA) is 43.6 Å². The third-order valence-electron chi connectivity index (χ3n) is 3.64. The highest BCUT2D eigenvalue weighted by Gasteiger charge is 2.12. The van der Waals surface area contributed by atoms with Gasteiger partial charge in [0.15, 0.2) is 4.80 Å². The summed E-state index contributed by atoms with van der Waals surface area (Å²) < 4.78 is 7.92. The van der Waals surface area contributed by atoms with E-state index in [1.165, 1.54) is 17.4 Å². The van der Waals surface area contributed by atoms with Crippen molar-refractivity contribution in [3.8, 4) is 0 Å². The number of ether oxygens (including phenoxy) is 1. The Morgan fingerprint density at radius 1 is 1.27 bits per heavy atom. The normalized spacial score (nSPS) is 12.3. The Balaban J connectivity index is 2.02. The first-order valence-electron chi connectivity index (χ1n) is 7.87. The number of carbonyl (C=O) groups excluding carboxylic acids is 1. The number of fused-ring (bicyclic) bond motifs is 1. The average Bonchev–Trinajstić information content (AvgIpc) is 2.96. The molecule has 0 bridgehead atoms. The SMILES string of the molecule is COCCn1c(=NC(=O)/C=C/c2ccccc2)sc2cc(Cl)cc(Cl)c21. The van der Waals surface area contributed by atoms with E-state index >= 15 is 0 Å². The van der Waals surface area contributed by atoms with Crippen molar-refractivity contribution in [2.75, 3.05) is 13.7 Å². The predicted molar refractivity (Wildman–Crippen MR) is 108 cm³/mol. The van der Waals surface area contributed by atoms with Crippen molar-refractivity contribution in [3.63, 3.8) is 0 Å². The number of halogens is 2. The molecule has 4 nitrogen and oxygen atoms in total. The summed E-state index contributed by atoms with van der Waals surface area (Å²) in [6.07, 6.45) is 3.19. The molecular weight excluding hydrogens is 391 g/mol. The molecule has 0 N–H and O–H groups in total. The lowest BCUT2D eigenvalue weighted by molar-refractivity contribution is -0.113. The number of nitrogens with zero attached hydrogens (tertiary/aromatic N) is 2. The minimum Gasteiger partial charge on any atom is -0.383 e. The van der Waals surface area contributed by atoms with E-state index in [1.54, 1.807) is 19.3 Å². The molecule has 7 heteroatoms. The molecule has 1 heterocycles. The van der Waals surface area contributed by atoms with Crippen LogP contribution in [-0.4, -0.2) is 24.2 Å². The maximum Gasteiger partial charge on any atom is 0.272 e. The maximum atomic E-state index is 12.3. The molecule has 3 rings (SSSR count). The third kappa shape index (κ3) is 4.43. The van der Waals surface area contributed by atoms with E-state index in [-0.39, 0.29) is 5.91 Å². The zero-order valence-corrected chi connectivity index (χ0v) is 16.3. The first-order chi connectivity index (χ1) is 12.6. The van der Waals surface area contributed by atoms with Gasteiger partial charge in [0.05, 0.1) is 21.8 Å². The molecule has 0 radical (unpaired) electrons. The molecule has 0 aliphatic heterocycles. The number of carbonyl (C=O) groups is 1. The van der Waals surface area contributed by atoms with Crippen molar-refractivity contribution in [2.45, 2.75) is 6.54 Å². The fraction of sp³-hybridized carbons (Fsp3) is 0.158. The van der Waals surface area contributed by atoms with Crippen LogP contribution in [0.15, 0.2) is 53.5 Å². The van der Waals surface area contributed by atoms with Crippen LogP contribution in [0.5, 0.6) is 0 Å². The van der Waals surface area contributed by atoms with Crippen LogP contribution in [0.25, 0.3) is 16.3 Å². The first kappa shape index (κ1) is 18.9. The second kappa shape index (κ2) is 8.64. The lowest BCUT2D eigenvalue weighted by atomic mass is 10.2. The molecule has 0 aliphatic carbocycles. The van der Waals surface area contributed by atoms with Gasteiger partial charge in [-0.3, -0.25) is 4.79 Å². The lowest BCUT2D eigenvalue weighted by Gasteiger charge is -2.05. The number of benzene rings is 2. The van der Waals surface area contributed by atoms with E-state index in [4.69, 9.17) is 27.9 Å². The second-order valence-corrected chi connectivity index (χ2v) is 7.31. The Bertz CT molecular complexity index is 1020. The highest BCUT2D eigenvalue weighted by Crippen LogP contribution is 2.29. The van der Waals surface area contributed by atoms with Gasteiger partial charge in [-0.25, -0.2) is 0 Å². The molecule has 0 spiro atoms. The van der Waals surface area contributed by atoms with Gasteiger partial charge in [0.25, 0.3) is 5.91 Å². The van der Waals surface area contributed by atoms with Crippen molar-refractivity contribution >= 4 is 56.7 Å². The van der Waals surface area contributed by atoms with Gasteiger partial charge in [-0.15, -0.1) is 0 Å². The van der Waals surface area contributed by atoms with Gasteiger partial charge >= 0.3 is 0 Å². The summed E-state index contributed by atoms with van der Waals surface area (Å²) in [5, 5.41) is 1.07. The van der Waals surface area contributed by atoms with Gasteiger partial charge < -0.3 is 9.30 Å². The number of thiazole rings is 1. The highest BCUT2D eigenvalue weighted by molar-refractivity contribution is 7.16. The Morgan fingerprint density at radius 3 is 2.77 bits per heavy atom. The zero-order valence-electron chi connectivity index (χ0n) is 14.0. The third-order valence-corrected chi connectivity index (χ3v) is 5.17. The van der Waals surface area contributed by atoms with Crippen LogP contribution in [0.2, 0.25) is 10.0 Å². The van der Waals surface area contributed by atoms with E-state index in [0.29, 0.717) is 28.0 Å². The van der Waals surface area contributed by atoms with Gasteiger partial charge in [-0.1, -0.05) is 64.9 Å². The van der Waals surface area contributed by atoms with Crippen LogP contribution in [-0.2, 0) is 16.1 Å². The van der Waals surface area contributed by atoms with E-state index in [2.05, 4.69) is 4.99 Å². The summed E-state index contributed by atoms with van der Waals surface area (Å²) in [5.74, 6) is -0.339. The molecule has 3 aromatic rings. The fourth-order valence-electron chi connectivity index (χ4n) is 2.47. The van der Waals surface area contributed by atoms with Crippen LogP contribution < -0.4 is 4.80 Å². The van der Waals surface area contributed by atoms with Crippen molar-refractivity contribution < 1.29 is 9.53 Å². The Morgan fingerprint density at radius 2 is 2.04 bits per heavy atom. The Kier molecular flexibility index (Phi) is 6.27. The molecule has 0 aliphatic rings. The van der Waals surface area contributed by atoms with E-state index in [1.807, 2.05) is 41.0 Å². The molecule has 1 amide bonds. The first-order valence-corrected chi connectivity index (χ1v) is 9.45. The zero-order chi connectivity index (χ0) is 18.5. The maximum absolute atomic E-state index is 12.3. The largest absolute Gasteiger partial charge is 0.383 e. The van der Waals surface area contributed by atoms with Crippen molar-refractivity contribution in [3.05, 3.63) is 69.0 Å². The van der Waals surface area contributed by atoms with Crippen molar-refractivity contribution in [1.82, 2.24) is 4.57 Å². The Labute approximate surface area is 165 Å². The number of hydrogen-bond donors (Lipinski definition) is 0. The number of rotatable bonds is 5. The monoisotopic (exact) mass is 406 g/mol. The minimum absolute atomic E-state index is 0.339. The lowest BCUT2D eigenvalue weighted by Crippen LogP contribution is -2.19. The van der Waals surface area contributed by atoms with Crippen LogP contribution in [0.4, 0.5) is 0 Å². The molecule has 2 aromatic carbocycles. The number of aromatic nitrogens is 1. The molecule has 1 aromatic heterocycles. The van der Waals surface area contributed by atoms with Crippen molar-refractivity contribution in [2.24, 2.45) is 4.99 Å². The summed E-state index contributed by atoms with van der Waals surface area (Å²) in [6, 6.07) is 13.1. The molecule has 0 saturated heterocycles. The number of methoxy groups -OCH3 is 1. The fourth-order valence-corrected chi connectivity index (χ4v) is 4.31. The molecule has 26 heavy (non-hydrogen) atoms. The molecule has 0 unspecified atom stereocenters. The van der Waals surface area contributed by atoms with Crippen LogP contribution >= 0.6 is 34.5 Å². The van der Waals surface area contributed by atoms with E-state index in [9.17, 15) is 4.79 Å².